The van der Waals surface area contributed by atoms with E-state index in [2.05, 4.69) is 9.47 Å². The Kier molecular flexibility index (Phi) is 11.9. The van der Waals surface area contributed by atoms with Crippen molar-refractivity contribution in [2.24, 2.45) is 5.92 Å². The topological polar surface area (TPSA) is 46.2 Å². The maximum Gasteiger partial charge on any atom is 0.424 e. The molecular formula is C31H34F10O5. The fourth-order valence-electron chi connectivity index (χ4n) is 5.35. The molecule has 2 atom stereocenters. The van der Waals surface area contributed by atoms with Crippen molar-refractivity contribution in [3.8, 4) is 5.75 Å². The molecule has 4 rings (SSSR count). The molecule has 0 amide bonds. The zero-order valence-corrected chi connectivity index (χ0v) is 24.8. The molecule has 0 aliphatic carbocycles. The molecule has 2 aromatic rings. The number of benzene rings is 2. The number of aryl methyl sites for hydroxylation is 1. The highest BCUT2D eigenvalue weighted by atomic mass is 19.4. The van der Waals surface area contributed by atoms with Crippen LogP contribution in [0.5, 0.6) is 5.75 Å². The van der Waals surface area contributed by atoms with E-state index < -0.39 is 90.4 Å². The zero-order chi connectivity index (χ0) is 33.7. The van der Waals surface area contributed by atoms with Crippen molar-refractivity contribution in [2.75, 3.05) is 19.8 Å². The molecule has 0 bridgehead atoms. The van der Waals surface area contributed by atoms with Gasteiger partial charge in [-0.1, -0.05) is 32.6 Å². The molecule has 0 aromatic heterocycles. The standard InChI is InChI=1S/C31H34F10O5/c1-2-3-4-5-6-7-18-12-24(33)27(25(34)13-18)31(40,41)46-21-16-43-28(44-17-21)19-8-11-26(42-15-19)30(38,39)45-20-9-10-22(23(32)14-20)29(35,36)37/h9-10,12-14,19,21,26,28H,2-8,11,15-17H2,1H3. The van der Waals surface area contributed by atoms with E-state index in [1.165, 1.54) is 0 Å². The third kappa shape index (κ3) is 9.26. The van der Waals surface area contributed by atoms with Gasteiger partial charge < -0.3 is 23.7 Å². The molecule has 15 heteroatoms. The van der Waals surface area contributed by atoms with Crippen LogP contribution in [-0.2, 0) is 37.7 Å². The first kappa shape index (κ1) is 36.2. The molecule has 0 spiro atoms. The monoisotopic (exact) mass is 676 g/mol. The van der Waals surface area contributed by atoms with E-state index in [4.69, 9.17) is 14.2 Å². The number of hydrogen-bond acceptors (Lipinski definition) is 5. The van der Waals surface area contributed by atoms with Crippen molar-refractivity contribution in [1.29, 1.82) is 0 Å². The fraction of sp³-hybridized carbons (Fsp3) is 0.613. The lowest BCUT2D eigenvalue weighted by Crippen LogP contribution is -2.49. The Bertz CT molecular complexity index is 1270. The van der Waals surface area contributed by atoms with Crippen LogP contribution in [0.25, 0.3) is 0 Å². The van der Waals surface area contributed by atoms with Crippen molar-refractivity contribution in [2.45, 2.75) is 95.2 Å². The third-order valence-corrected chi connectivity index (χ3v) is 7.74. The first-order valence-corrected chi connectivity index (χ1v) is 14.9. The van der Waals surface area contributed by atoms with Crippen LogP contribution >= 0.6 is 0 Å². The van der Waals surface area contributed by atoms with Crippen LogP contribution in [0.3, 0.4) is 0 Å². The summed E-state index contributed by atoms with van der Waals surface area (Å²) in [6.45, 7) is 0.779. The molecule has 2 unspecified atom stereocenters. The number of alkyl halides is 7. The molecule has 2 fully saturated rings. The minimum Gasteiger partial charge on any atom is -0.431 e. The van der Waals surface area contributed by atoms with E-state index in [0.29, 0.717) is 18.9 Å². The number of unbranched alkanes of at least 4 members (excludes halogenated alkanes) is 4. The summed E-state index contributed by atoms with van der Waals surface area (Å²) in [5.74, 6) is -6.13. The van der Waals surface area contributed by atoms with Crippen LogP contribution in [0.4, 0.5) is 43.9 Å². The summed E-state index contributed by atoms with van der Waals surface area (Å²) in [4.78, 5) is 0. The minimum atomic E-state index is -5.02. The van der Waals surface area contributed by atoms with E-state index in [-0.39, 0.29) is 37.1 Å². The largest absolute Gasteiger partial charge is 0.431 e. The zero-order valence-electron chi connectivity index (χ0n) is 24.8. The Labute approximate surface area is 259 Å². The maximum absolute atomic E-state index is 14.9. The first-order valence-electron chi connectivity index (χ1n) is 14.9. The summed E-state index contributed by atoms with van der Waals surface area (Å²) >= 11 is 0. The van der Waals surface area contributed by atoms with Gasteiger partial charge in [0.15, 0.2) is 12.4 Å². The molecule has 0 N–H and O–H groups in total. The SMILES string of the molecule is CCCCCCCc1cc(F)c(C(F)(F)OC2COC(C3CCC(C(F)(F)Oc4ccc(C(F)(F)F)c(F)c4)OC3)OC2)c(F)c1. The Morgan fingerprint density at radius 3 is 1.98 bits per heavy atom. The van der Waals surface area contributed by atoms with Gasteiger partial charge in [0.25, 0.3) is 0 Å². The number of hydrogen-bond donors (Lipinski definition) is 0. The Morgan fingerprint density at radius 1 is 0.761 bits per heavy atom. The van der Waals surface area contributed by atoms with E-state index >= 15 is 0 Å². The van der Waals surface area contributed by atoms with Crippen LogP contribution in [0, 0.1) is 23.4 Å². The molecule has 0 saturated carbocycles. The Morgan fingerprint density at radius 2 is 1.41 bits per heavy atom. The second-order valence-corrected chi connectivity index (χ2v) is 11.4. The van der Waals surface area contributed by atoms with Gasteiger partial charge in [-0.25, -0.2) is 13.2 Å². The van der Waals surface area contributed by atoms with Gasteiger partial charge in [-0.3, -0.25) is 0 Å². The van der Waals surface area contributed by atoms with E-state index in [1.807, 2.05) is 6.92 Å². The molecular weight excluding hydrogens is 642 g/mol. The second-order valence-electron chi connectivity index (χ2n) is 11.4. The molecule has 46 heavy (non-hydrogen) atoms. The fourth-order valence-corrected chi connectivity index (χ4v) is 5.35. The Balaban J connectivity index is 1.25. The van der Waals surface area contributed by atoms with E-state index in [1.54, 1.807) is 0 Å². The quantitative estimate of drug-likeness (QED) is 0.157. The average molecular weight is 677 g/mol. The molecule has 2 aliphatic heterocycles. The van der Waals surface area contributed by atoms with Gasteiger partial charge in [-0.15, -0.1) is 0 Å². The Hall–Kier alpha value is -2.62. The van der Waals surface area contributed by atoms with Crippen molar-refractivity contribution in [1.82, 2.24) is 0 Å². The summed E-state index contributed by atoms with van der Waals surface area (Å²) in [6.07, 6.45) is -13.1. The predicted octanol–water partition coefficient (Wildman–Crippen LogP) is 8.91. The van der Waals surface area contributed by atoms with Crippen molar-refractivity contribution in [3.05, 3.63) is 64.5 Å². The number of rotatable bonds is 13. The van der Waals surface area contributed by atoms with Crippen LogP contribution in [0.2, 0.25) is 0 Å². The highest BCUT2D eigenvalue weighted by Gasteiger charge is 2.48. The highest BCUT2D eigenvalue weighted by molar-refractivity contribution is 5.31. The van der Waals surface area contributed by atoms with Crippen molar-refractivity contribution < 1.29 is 67.6 Å². The third-order valence-electron chi connectivity index (χ3n) is 7.74. The van der Waals surface area contributed by atoms with Gasteiger partial charge in [-0.2, -0.15) is 30.7 Å². The summed E-state index contributed by atoms with van der Waals surface area (Å²) in [5.41, 5.74) is -2.91. The van der Waals surface area contributed by atoms with Crippen LogP contribution < -0.4 is 4.74 Å². The molecule has 2 saturated heterocycles. The van der Waals surface area contributed by atoms with Crippen molar-refractivity contribution >= 4 is 0 Å². The number of ether oxygens (including phenoxy) is 5. The second kappa shape index (κ2) is 15.1. The summed E-state index contributed by atoms with van der Waals surface area (Å²) in [7, 11) is 0. The smallest absolute Gasteiger partial charge is 0.424 e. The molecule has 2 aromatic carbocycles. The van der Waals surface area contributed by atoms with Gasteiger partial charge in [-0.05, 0) is 55.5 Å². The summed E-state index contributed by atoms with van der Waals surface area (Å²) in [5, 5.41) is 0. The molecule has 2 heterocycles. The normalized spacial score (nSPS) is 23.0. The van der Waals surface area contributed by atoms with Gasteiger partial charge in [0.1, 0.15) is 34.9 Å². The predicted molar refractivity (Wildman–Crippen MR) is 143 cm³/mol. The van der Waals surface area contributed by atoms with Gasteiger partial charge in [0.2, 0.25) is 0 Å². The van der Waals surface area contributed by atoms with Gasteiger partial charge in [0, 0.05) is 12.0 Å². The minimum absolute atomic E-state index is 0.0265. The first-order chi connectivity index (χ1) is 21.6. The maximum atomic E-state index is 14.9. The van der Waals surface area contributed by atoms with Crippen LogP contribution in [0.1, 0.15) is 68.6 Å². The lowest BCUT2D eigenvalue weighted by atomic mass is 9.97. The number of halogens is 10. The highest BCUT2D eigenvalue weighted by Crippen LogP contribution is 2.39. The van der Waals surface area contributed by atoms with Crippen LogP contribution in [-0.4, -0.2) is 44.4 Å². The van der Waals surface area contributed by atoms with Gasteiger partial charge in [0.05, 0.1) is 25.4 Å². The average Bonchev–Trinajstić information content (AvgIpc) is 2.96. The van der Waals surface area contributed by atoms with E-state index in [9.17, 15) is 43.9 Å². The molecule has 258 valence electrons. The van der Waals surface area contributed by atoms with E-state index in [0.717, 1.165) is 37.8 Å². The van der Waals surface area contributed by atoms with Crippen LogP contribution in [0.15, 0.2) is 30.3 Å². The van der Waals surface area contributed by atoms with Gasteiger partial charge >= 0.3 is 18.4 Å². The lowest BCUT2D eigenvalue weighted by Gasteiger charge is -2.39. The summed E-state index contributed by atoms with van der Waals surface area (Å²) in [6, 6.07) is 2.77. The molecule has 5 nitrogen and oxygen atoms in total. The molecule has 2 aliphatic rings. The molecule has 0 radical (unpaired) electrons. The van der Waals surface area contributed by atoms with Crippen molar-refractivity contribution in [3.63, 3.8) is 0 Å². The summed E-state index contributed by atoms with van der Waals surface area (Å²) < 4.78 is 165. The lowest BCUT2D eigenvalue weighted by molar-refractivity contribution is -0.332.